The minimum atomic E-state index is -0.265. The van der Waals surface area contributed by atoms with Crippen molar-refractivity contribution < 1.29 is 14.3 Å². The molecule has 0 fully saturated rings. The second-order valence-electron chi connectivity index (χ2n) is 11.4. The first-order chi connectivity index (χ1) is 21.8. The van der Waals surface area contributed by atoms with E-state index in [2.05, 4.69) is 48.4 Å². The molecule has 45 heavy (non-hydrogen) atoms. The van der Waals surface area contributed by atoms with Crippen LogP contribution in [0.15, 0.2) is 104 Å². The van der Waals surface area contributed by atoms with Crippen molar-refractivity contribution >= 4 is 34.2 Å². The van der Waals surface area contributed by atoms with Crippen LogP contribution in [-0.2, 0) is 24.3 Å². The van der Waals surface area contributed by atoms with Gasteiger partial charge in [-0.15, -0.1) is 0 Å². The average Bonchev–Trinajstić information content (AvgIpc) is 3.49. The molecule has 2 atom stereocenters. The zero-order valence-electron chi connectivity index (χ0n) is 25.9. The fourth-order valence-electron chi connectivity index (χ4n) is 5.54. The molecule has 232 valence electrons. The highest BCUT2D eigenvalue weighted by atomic mass is 35.5. The fraction of sp³-hybridized carbons (Fsp3) is 0.270. The molecule has 5 aromatic rings. The number of amides is 2. The van der Waals surface area contributed by atoms with Crippen LogP contribution in [0.1, 0.15) is 47.4 Å². The molecule has 8 heteroatoms. The molecule has 0 saturated carbocycles. The highest BCUT2D eigenvalue weighted by Gasteiger charge is 2.26. The number of hydrogen-bond donors (Lipinski definition) is 1. The van der Waals surface area contributed by atoms with Crippen molar-refractivity contribution in [1.82, 2.24) is 19.8 Å². The standard InChI is InChI=1S/C37H39ClN4O3/c1-4-26(2)35(40-36(43)20-32-21-39-25-42(32)22-27-15-17-33(45-3)18-16-27)24-41(37(44)29-11-8-13-31(38)19-29)23-30-12-7-10-28-9-5-6-14-34(28)30/h5-19,21,25-26,35H,4,20,22-24H2,1-3H3,(H,40,43)/t26-,35+/m0/s1. The van der Waals surface area contributed by atoms with Gasteiger partial charge in [0.15, 0.2) is 0 Å². The number of methoxy groups -OCH3 is 1. The highest BCUT2D eigenvalue weighted by Crippen LogP contribution is 2.23. The number of imidazole rings is 1. The van der Waals surface area contributed by atoms with Crippen molar-refractivity contribution in [2.75, 3.05) is 13.7 Å². The molecular weight excluding hydrogens is 584 g/mol. The van der Waals surface area contributed by atoms with Gasteiger partial charge in [0.2, 0.25) is 5.91 Å². The Morgan fingerprint density at radius 2 is 1.76 bits per heavy atom. The number of rotatable bonds is 13. The van der Waals surface area contributed by atoms with Gasteiger partial charge in [-0.25, -0.2) is 4.98 Å². The second-order valence-corrected chi connectivity index (χ2v) is 11.9. The summed E-state index contributed by atoms with van der Waals surface area (Å²) in [5, 5.41) is 5.98. The van der Waals surface area contributed by atoms with Crippen molar-refractivity contribution in [2.24, 2.45) is 5.92 Å². The summed E-state index contributed by atoms with van der Waals surface area (Å²) in [5.74, 6) is 0.673. The van der Waals surface area contributed by atoms with Crippen molar-refractivity contribution in [1.29, 1.82) is 0 Å². The van der Waals surface area contributed by atoms with Crippen LogP contribution in [0.3, 0.4) is 0 Å². The van der Waals surface area contributed by atoms with Crippen molar-refractivity contribution in [3.63, 3.8) is 0 Å². The number of hydrogen-bond acceptors (Lipinski definition) is 4. The maximum atomic E-state index is 14.0. The molecule has 0 bridgehead atoms. The quantitative estimate of drug-likeness (QED) is 0.151. The van der Waals surface area contributed by atoms with Gasteiger partial charge in [-0.1, -0.05) is 92.5 Å². The number of nitrogens with one attached hydrogen (secondary N) is 1. The number of aromatic nitrogens is 2. The van der Waals surface area contributed by atoms with Crippen molar-refractivity contribution in [3.05, 3.63) is 131 Å². The lowest BCUT2D eigenvalue weighted by molar-refractivity contribution is -0.121. The molecule has 1 N–H and O–H groups in total. The summed E-state index contributed by atoms with van der Waals surface area (Å²) in [5.41, 5.74) is 3.45. The Balaban J connectivity index is 1.36. The summed E-state index contributed by atoms with van der Waals surface area (Å²) in [4.78, 5) is 33.7. The molecule has 0 aliphatic carbocycles. The number of benzene rings is 4. The molecule has 0 saturated heterocycles. The van der Waals surface area contributed by atoms with E-state index in [1.807, 2.05) is 51.9 Å². The third-order valence-electron chi connectivity index (χ3n) is 8.35. The van der Waals surface area contributed by atoms with E-state index in [1.165, 1.54) is 0 Å². The lowest BCUT2D eigenvalue weighted by Gasteiger charge is -2.32. The van der Waals surface area contributed by atoms with E-state index in [0.717, 1.165) is 39.8 Å². The molecule has 1 aromatic heterocycles. The van der Waals surface area contributed by atoms with Crippen LogP contribution in [0.4, 0.5) is 0 Å². The maximum Gasteiger partial charge on any atom is 0.254 e. The molecule has 0 aliphatic heterocycles. The summed E-state index contributed by atoms with van der Waals surface area (Å²) in [6.45, 7) is 5.54. The van der Waals surface area contributed by atoms with Crippen LogP contribution < -0.4 is 10.1 Å². The van der Waals surface area contributed by atoms with Gasteiger partial charge in [0, 0.05) is 48.2 Å². The van der Waals surface area contributed by atoms with Gasteiger partial charge in [-0.05, 0) is 58.1 Å². The topological polar surface area (TPSA) is 76.5 Å². The van der Waals surface area contributed by atoms with Crippen LogP contribution in [0, 0.1) is 5.92 Å². The van der Waals surface area contributed by atoms with E-state index in [4.69, 9.17) is 16.3 Å². The van der Waals surface area contributed by atoms with Gasteiger partial charge in [0.05, 0.1) is 19.9 Å². The first-order valence-corrected chi connectivity index (χ1v) is 15.6. The van der Waals surface area contributed by atoms with Gasteiger partial charge in [-0.3, -0.25) is 9.59 Å². The molecule has 0 radical (unpaired) electrons. The van der Waals surface area contributed by atoms with E-state index in [-0.39, 0.29) is 30.2 Å². The van der Waals surface area contributed by atoms with Crippen LogP contribution in [-0.4, -0.2) is 46.0 Å². The maximum absolute atomic E-state index is 14.0. The SMILES string of the molecule is CC[C@H](C)[C@@H](CN(Cc1cccc2ccccc12)C(=O)c1cccc(Cl)c1)NC(=O)Cc1cncn1Cc1ccc(OC)cc1. The summed E-state index contributed by atoms with van der Waals surface area (Å²) in [7, 11) is 1.64. The number of carbonyl (C=O) groups excluding carboxylic acids is 2. The van der Waals surface area contributed by atoms with Gasteiger partial charge in [0.25, 0.3) is 5.91 Å². The number of fused-ring (bicyclic) bond motifs is 1. The van der Waals surface area contributed by atoms with Crippen LogP contribution in [0.25, 0.3) is 10.8 Å². The molecular formula is C37H39ClN4O3. The number of ether oxygens (including phenoxy) is 1. The third kappa shape index (κ3) is 8.11. The Labute approximate surface area is 269 Å². The van der Waals surface area contributed by atoms with Crippen molar-refractivity contribution in [3.8, 4) is 5.75 Å². The minimum absolute atomic E-state index is 0.114. The Hall–Kier alpha value is -4.62. The number of halogens is 1. The van der Waals surface area contributed by atoms with Crippen molar-refractivity contribution in [2.45, 2.75) is 45.8 Å². The van der Waals surface area contributed by atoms with E-state index in [9.17, 15) is 9.59 Å². The first kappa shape index (κ1) is 31.8. The number of carbonyl (C=O) groups is 2. The van der Waals surface area contributed by atoms with E-state index in [1.54, 1.807) is 43.9 Å². The Bertz CT molecular complexity index is 1750. The minimum Gasteiger partial charge on any atom is -0.497 e. The van der Waals surface area contributed by atoms with Gasteiger partial charge in [-0.2, -0.15) is 0 Å². The molecule has 0 spiro atoms. The summed E-state index contributed by atoms with van der Waals surface area (Å²) >= 11 is 6.28. The Morgan fingerprint density at radius 1 is 1.00 bits per heavy atom. The van der Waals surface area contributed by atoms with Crippen LogP contribution >= 0.6 is 11.6 Å². The van der Waals surface area contributed by atoms with Gasteiger partial charge >= 0.3 is 0 Å². The monoisotopic (exact) mass is 622 g/mol. The van der Waals surface area contributed by atoms with Gasteiger partial charge < -0.3 is 19.5 Å². The lowest BCUT2D eigenvalue weighted by atomic mass is 9.97. The fourth-order valence-corrected chi connectivity index (χ4v) is 5.73. The summed E-state index contributed by atoms with van der Waals surface area (Å²) in [6, 6.07) is 28.9. The average molecular weight is 623 g/mol. The molecule has 2 amide bonds. The molecule has 1 heterocycles. The zero-order valence-corrected chi connectivity index (χ0v) is 26.7. The zero-order chi connectivity index (χ0) is 31.8. The lowest BCUT2D eigenvalue weighted by Crippen LogP contribution is -2.49. The Kier molecular flexibility index (Phi) is 10.5. The van der Waals surface area contributed by atoms with Gasteiger partial charge in [0.1, 0.15) is 5.75 Å². The summed E-state index contributed by atoms with van der Waals surface area (Å²) in [6.07, 6.45) is 4.49. The largest absolute Gasteiger partial charge is 0.497 e. The molecule has 0 aliphatic rings. The highest BCUT2D eigenvalue weighted by molar-refractivity contribution is 6.31. The van der Waals surface area contributed by atoms with E-state index >= 15 is 0 Å². The first-order valence-electron chi connectivity index (χ1n) is 15.3. The molecule has 0 unspecified atom stereocenters. The predicted molar refractivity (Wildman–Crippen MR) is 180 cm³/mol. The van der Waals surface area contributed by atoms with Crippen LogP contribution in [0.2, 0.25) is 5.02 Å². The normalized spacial score (nSPS) is 12.4. The smallest absolute Gasteiger partial charge is 0.254 e. The molecule has 4 aromatic carbocycles. The second kappa shape index (κ2) is 14.9. The third-order valence-corrected chi connectivity index (χ3v) is 8.58. The Morgan fingerprint density at radius 3 is 2.51 bits per heavy atom. The predicted octanol–water partition coefficient (Wildman–Crippen LogP) is 7.16. The summed E-state index contributed by atoms with van der Waals surface area (Å²) < 4.78 is 7.25. The van der Waals surface area contributed by atoms with E-state index in [0.29, 0.717) is 30.2 Å². The molecule has 7 nitrogen and oxygen atoms in total. The number of nitrogens with zero attached hydrogens (tertiary/aromatic N) is 3. The molecule has 5 rings (SSSR count). The van der Waals surface area contributed by atoms with E-state index < -0.39 is 0 Å². The van der Waals surface area contributed by atoms with Crippen LogP contribution in [0.5, 0.6) is 5.75 Å².